The van der Waals surface area contributed by atoms with Gasteiger partial charge in [0.25, 0.3) is 0 Å². The van der Waals surface area contributed by atoms with Crippen molar-refractivity contribution in [3.05, 3.63) is 30.3 Å². The van der Waals surface area contributed by atoms with Crippen LogP contribution in [0, 0.1) is 12.3 Å². The van der Waals surface area contributed by atoms with E-state index in [9.17, 15) is 4.79 Å². The molecule has 6 nitrogen and oxygen atoms in total. The highest BCUT2D eigenvalue weighted by molar-refractivity contribution is 8.00. The van der Waals surface area contributed by atoms with E-state index in [2.05, 4.69) is 26.3 Å². The lowest BCUT2D eigenvalue weighted by atomic mass is 10.1. The normalized spacial score (nSPS) is 15.3. The Labute approximate surface area is 158 Å². The van der Waals surface area contributed by atoms with Gasteiger partial charge in [0, 0.05) is 13.1 Å². The van der Waals surface area contributed by atoms with Crippen LogP contribution in [0.5, 0.6) is 0 Å². The Morgan fingerprint density at radius 2 is 2.00 bits per heavy atom. The van der Waals surface area contributed by atoms with E-state index in [0.29, 0.717) is 5.16 Å². The number of anilines is 1. The Morgan fingerprint density at radius 1 is 1.27 bits per heavy atom. The number of aromatic nitrogens is 3. The fourth-order valence-electron chi connectivity index (χ4n) is 2.93. The molecule has 2 heterocycles. The first kappa shape index (κ1) is 18.3. The number of rotatable bonds is 6. The fourth-order valence-corrected chi connectivity index (χ4v) is 3.82. The maximum absolute atomic E-state index is 12.2. The van der Waals surface area contributed by atoms with Crippen molar-refractivity contribution in [1.82, 2.24) is 20.1 Å². The molecule has 1 atom stereocenters. The Bertz CT molecular complexity index is 777. The Balaban J connectivity index is 1.89. The first-order chi connectivity index (χ1) is 12.7. The van der Waals surface area contributed by atoms with Crippen LogP contribution >= 0.6 is 11.8 Å². The predicted octanol–water partition coefficient (Wildman–Crippen LogP) is 2.49. The van der Waals surface area contributed by atoms with Crippen LogP contribution < -0.4 is 10.2 Å². The second-order valence-corrected chi connectivity index (χ2v) is 7.49. The zero-order chi connectivity index (χ0) is 18.4. The number of nitrogens with zero attached hydrogens (tertiary/aromatic N) is 4. The molecule has 0 radical (unpaired) electrons. The Hall–Kier alpha value is -2.46. The van der Waals surface area contributed by atoms with Crippen LogP contribution in [0.15, 0.2) is 35.5 Å². The van der Waals surface area contributed by atoms with E-state index in [1.807, 2.05) is 41.8 Å². The van der Waals surface area contributed by atoms with E-state index >= 15 is 0 Å². The van der Waals surface area contributed by atoms with Gasteiger partial charge in [-0.25, -0.2) is 0 Å². The zero-order valence-electron chi connectivity index (χ0n) is 14.9. The molecule has 136 valence electrons. The summed E-state index contributed by atoms with van der Waals surface area (Å²) in [6, 6.07) is 10.0. The lowest BCUT2D eigenvalue weighted by Crippen LogP contribution is -2.32. The molecule has 1 aromatic carbocycles. The summed E-state index contributed by atoms with van der Waals surface area (Å²) in [6.45, 7) is 4.04. The van der Waals surface area contributed by atoms with E-state index in [1.54, 1.807) is 0 Å². The molecule has 0 spiro atoms. The number of amides is 1. The molecule has 26 heavy (non-hydrogen) atoms. The third kappa shape index (κ3) is 4.20. The molecule has 0 aliphatic carbocycles. The quantitative estimate of drug-likeness (QED) is 0.626. The van der Waals surface area contributed by atoms with Crippen molar-refractivity contribution in [2.24, 2.45) is 0 Å². The van der Waals surface area contributed by atoms with E-state index in [0.717, 1.165) is 37.6 Å². The van der Waals surface area contributed by atoms with Crippen molar-refractivity contribution in [2.45, 2.75) is 36.6 Å². The molecule has 1 N–H and O–H groups in total. The van der Waals surface area contributed by atoms with Gasteiger partial charge in [-0.15, -0.1) is 16.6 Å². The number of benzene rings is 1. The molecule has 1 unspecified atom stereocenters. The summed E-state index contributed by atoms with van der Waals surface area (Å²) in [5, 5.41) is 11.9. The lowest BCUT2D eigenvalue weighted by molar-refractivity contribution is -0.120. The third-order valence-corrected chi connectivity index (χ3v) is 5.33. The SMILES string of the molecule is C#CCNC(=O)C(C)Sc1nnc(N2CCCCC2)n1-c1ccccc1. The van der Waals surface area contributed by atoms with E-state index in [-0.39, 0.29) is 17.7 Å². The van der Waals surface area contributed by atoms with Crippen molar-refractivity contribution >= 4 is 23.6 Å². The summed E-state index contributed by atoms with van der Waals surface area (Å²) in [7, 11) is 0. The number of para-hydroxylation sites is 1. The predicted molar refractivity (Wildman–Crippen MR) is 105 cm³/mol. The molecular formula is C19H23N5OS. The molecule has 1 fully saturated rings. The van der Waals surface area contributed by atoms with Crippen LogP contribution in [0.4, 0.5) is 5.95 Å². The summed E-state index contributed by atoms with van der Waals surface area (Å²) in [5.41, 5.74) is 0.997. The fraction of sp³-hybridized carbons (Fsp3) is 0.421. The highest BCUT2D eigenvalue weighted by Crippen LogP contribution is 2.30. The molecule has 7 heteroatoms. The minimum absolute atomic E-state index is 0.102. The maximum atomic E-state index is 12.2. The number of thioether (sulfide) groups is 1. The van der Waals surface area contributed by atoms with Crippen LogP contribution in [0.2, 0.25) is 0 Å². The first-order valence-corrected chi connectivity index (χ1v) is 9.72. The third-order valence-electron chi connectivity index (χ3n) is 4.29. The molecule has 1 saturated heterocycles. The van der Waals surface area contributed by atoms with Crippen molar-refractivity contribution < 1.29 is 4.79 Å². The number of carbonyl (C=O) groups is 1. The van der Waals surface area contributed by atoms with Crippen LogP contribution in [0.25, 0.3) is 5.69 Å². The van der Waals surface area contributed by atoms with Gasteiger partial charge in [-0.1, -0.05) is 35.9 Å². The first-order valence-electron chi connectivity index (χ1n) is 8.84. The topological polar surface area (TPSA) is 63.1 Å². The van der Waals surface area contributed by atoms with Crippen molar-refractivity contribution in [1.29, 1.82) is 0 Å². The van der Waals surface area contributed by atoms with Crippen molar-refractivity contribution in [2.75, 3.05) is 24.5 Å². The van der Waals surface area contributed by atoms with Gasteiger partial charge >= 0.3 is 0 Å². The van der Waals surface area contributed by atoms with Gasteiger partial charge in [-0.3, -0.25) is 9.36 Å². The Morgan fingerprint density at radius 3 is 2.69 bits per heavy atom. The second kappa shape index (κ2) is 8.77. The van der Waals surface area contributed by atoms with Gasteiger partial charge in [0.2, 0.25) is 11.9 Å². The summed E-state index contributed by atoms with van der Waals surface area (Å²) in [6.07, 6.45) is 8.79. The largest absolute Gasteiger partial charge is 0.344 e. The number of terminal acetylenes is 1. The van der Waals surface area contributed by atoms with Crippen molar-refractivity contribution in [3.63, 3.8) is 0 Å². The number of carbonyl (C=O) groups excluding carboxylic acids is 1. The van der Waals surface area contributed by atoms with Crippen molar-refractivity contribution in [3.8, 4) is 18.0 Å². The van der Waals surface area contributed by atoms with Gasteiger partial charge in [-0.05, 0) is 38.3 Å². The molecule has 1 aromatic heterocycles. The number of piperidine rings is 1. The van der Waals surface area contributed by atoms with Gasteiger partial charge in [0.05, 0.1) is 17.5 Å². The van der Waals surface area contributed by atoms with Crippen LogP contribution in [-0.4, -0.2) is 45.6 Å². The standard InChI is InChI=1S/C19H23N5OS/c1-3-12-20-17(25)15(2)26-19-22-21-18(23-13-8-5-9-14-23)24(19)16-10-6-4-7-11-16/h1,4,6-7,10-11,15H,5,8-9,12-14H2,2H3,(H,20,25). The minimum Gasteiger partial charge on any atom is -0.344 e. The average Bonchev–Trinajstić information content (AvgIpc) is 3.10. The van der Waals surface area contributed by atoms with Gasteiger partial charge in [-0.2, -0.15) is 0 Å². The van der Waals surface area contributed by atoms with E-state index in [4.69, 9.17) is 6.42 Å². The highest BCUT2D eigenvalue weighted by Gasteiger charge is 2.24. The summed E-state index contributed by atoms with van der Waals surface area (Å²) in [5.74, 6) is 3.16. The summed E-state index contributed by atoms with van der Waals surface area (Å²) < 4.78 is 2.04. The molecule has 1 aliphatic heterocycles. The molecule has 3 rings (SSSR count). The maximum Gasteiger partial charge on any atom is 0.234 e. The lowest BCUT2D eigenvalue weighted by Gasteiger charge is -2.28. The summed E-state index contributed by atoms with van der Waals surface area (Å²) in [4.78, 5) is 14.4. The molecule has 1 amide bonds. The summed E-state index contributed by atoms with van der Waals surface area (Å²) >= 11 is 1.39. The minimum atomic E-state index is -0.316. The van der Waals surface area contributed by atoms with E-state index in [1.165, 1.54) is 18.2 Å². The number of nitrogens with one attached hydrogen (secondary N) is 1. The van der Waals surface area contributed by atoms with E-state index < -0.39 is 0 Å². The number of hydrogen-bond acceptors (Lipinski definition) is 5. The molecule has 0 bridgehead atoms. The smallest absolute Gasteiger partial charge is 0.234 e. The highest BCUT2D eigenvalue weighted by atomic mass is 32.2. The van der Waals surface area contributed by atoms with Gasteiger partial charge in [0.15, 0.2) is 5.16 Å². The van der Waals surface area contributed by atoms with Gasteiger partial charge < -0.3 is 10.2 Å². The second-order valence-electron chi connectivity index (χ2n) is 6.18. The molecule has 1 aliphatic rings. The zero-order valence-corrected chi connectivity index (χ0v) is 15.7. The van der Waals surface area contributed by atoms with Crippen LogP contribution in [-0.2, 0) is 4.79 Å². The molecule has 0 saturated carbocycles. The Kier molecular flexibility index (Phi) is 6.18. The van der Waals surface area contributed by atoms with Crippen LogP contribution in [0.1, 0.15) is 26.2 Å². The van der Waals surface area contributed by atoms with Gasteiger partial charge in [0.1, 0.15) is 0 Å². The monoisotopic (exact) mass is 369 g/mol. The van der Waals surface area contributed by atoms with Crippen LogP contribution in [0.3, 0.4) is 0 Å². The molecule has 2 aromatic rings. The number of hydrogen-bond donors (Lipinski definition) is 1. The molecular weight excluding hydrogens is 346 g/mol. The average molecular weight is 369 g/mol.